The fourth-order valence-corrected chi connectivity index (χ4v) is 6.47. The SMILES string of the molecule is CCOC(=O)C1=C(C)N=c2s/c(=C\c3cccc(OC)c3OCc3ccc(Br)cc3)c(=O)n2[C@@H]1c1cccs1. The van der Waals surface area contributed by atoms with Gasteiger partial charge in [-0.15, -0.1) is 11.3 Å². The molecule has 0 aliphatic carbocycles. The molecule has 0 fully saturated rings. The van der Waals surface area contributed by atoms with E-state index in [0.29, 0.717) is 44.3 Å². The lowest BCUT2D eigenvalue weighted by molar-refractivity contribution is -0.139. The molecule has 200 valence electrons. The van der Waals surface area contributed by atoms with Crippen molar-refractivity contribution in [3.05, 3.63) is 111 Å². The number of nitrogens with zero attached hydrogens (tertiary/aromatic N) is 2. The smallest absolute Gasteiger partial charge is 0.338 e. The number of esters is 1. The molecule has 0 saturated heterocycles. The number of allylic oxidation sites excluding steroid dienone is 1. The van der Waals surface area contributed by atoms with Crippen LogP contribution < -0.4 is 24.4 Å². The summed E-state index contributed by atoms with van der Waals surface area (Å²) in [6.45, 7) is 4.10. The zero-order valence-electron chi connectivity index (χ0n) is 21.5. The molecule has 0 unspecified atom stereocenters. The molecule has 0 amide bonds. The van der Waals surface area contributed by atoms with Crippen molar-refractivity contribution >= 4 is 50.6 Å². The Morgan fingerprint density at radius 1 is 1.15 bits per heavy atom. The Kier molecular flexibility index (Phi) is 8.15. The third-order valence-electron chi connectivity index (χ3n) is 6.14. The first-order chi connectivity index (χ1) is 18.9. The highest BCUT2D eigenvalue weighted by Gasteiger charge is 2.33. The molecule has 0 radical (unpaired) electrons. The van der Waals surface area contributed by atoms with Crippen LogP contribution in [0.25, 0.3) is 6.08 Å². The van der Waals surface area contributed by atoms with E-state index in [1.54, 1.807) is 31.6 Å². The molecular formula is C29H25BrN2O5S2. The van der Waals surface area contributed by atoms with Gasteiger partial charge < -0.3 is 14.2 Å². The van der Waals surface area contributed by atoms with Crippen molar-refractivity contribution in [3.63, 3.8) is 0 Å². The third kappa shape index (κ3) is 5.50. The molecule has 10 heteroatoms. The summed E-state index contributed by atoms with van der Waals surface area (Å²) >= 11 is 6.20. The number of rotatable bonds is 8. The fraction of sp³-hybridized carbons (Fsp3) is 0.207. The number of hydrogen-bond acceptors (Lipinski definition) is 8. The molecule has 5 rings (SSSR count). The zero-order valence-corrected chi connectivity index (χ0v) is 24.7. The molecule has 2 aromatic heterocycles. The van der Waals surface area contributed by atoms with E-state index in [2.05, 4.69) is 20.9 Å². The summed E-state index contributed by atoms with van der Waals surface area (Å²) < 4.78 is 20.2. The second-order valence-corrected chi connectivity index (χ2v) is 11.5. The van der Waals surface area contributed by atoms with Crippen LogP contribution in [0.5, 0.6) is 11.5 Å². The molecule has 1 aliphatic rings. The van der Waals surface area contributed by atoms with Crippen molar-refractivity contribution in [3.8, 4) is 11.5 Å². The van der Waals surface area contributed by atoms with E-state index in [1.165, 1.54) is 22.7 Å². The van der Waals surface area contributed by atoms with Gasteiger partial charge in [0.1, 0.15) is 12.6 Å². The largest absolute Gasteiger partial charge is 0.493 e. The number of fused-ring (bicyclic) bond motifs is 1. The Morgan fingerprint density at radius 3 is 2.64 bits per heavy atom. The molecule has 3 heterocycles. The number of halogens is 1. The van der Waals surface area contributed by atoms with E-state index in [4.69, 9.17) is 14.2 Å². The standard InChI is InChI=1S/C29H25BrN2O5S2/c1-4-36-28(34)24-17(2)31-29-32(25(24)22-9-6-14-38-22)27(33)23(39-29)15-19-7-5-8-21(35-3)26(19)37-16-18-10-12-20(30)13-11-18/h5-15,25H,4,16H2,1-3H3/b23-15-/t25-/m1/s1. The lowest BCUT2D eigenvalue weighted by Crippen LogP contribution is -2.39. The number of hydrogen-bond donors (Lipinski definition) is 0. The Morgan fingerprint density at radius 2 is 1.95 bits per heavy atom. The maximum atomic E-state index is 13.9. The number of methoxy groups -OCH3 is 1. The number of ether oxygens (including phenoxy) is 3. The molecule has 1 aliphatic heterocycles. The number of thiophene rings is 1. The average Bonchev–Trinajstić information content (AvgIpc) is 3.56. The molecule has 2 aromatic carbocycles. The van der Waals surface area contributed by atoms with Crippen LogP contribution in [0, 0.1) is 0 Å². The highest BCUT2D eigenvalue weighted by atomic mass is 79.9. The number of para-hydroxylation sites is 1. The summed E-state index contributed by atoms with van der Waals surface area (Å²) in [5, 5.41) is 1.93. The van der Waals surface area contributed by atoms with E-state index in [-0.39, 0.29) is 12.2 Å². The van der Waals surface area contributed by atoms with Gasteiger partial charge in [0.15, 0.2) is 16.3 Å². The highest BCUT2D eigenvalue weighted by Crippen LogP contribution is 2.34. The molecular weight excluding hydrogens is 600 g/mol. The number of aromatic nitrogens is 1. The third-order valence-corrected chi connectivity index (χ3v) is 8.58. The number of thiazole rings is 1. The number of benzene rings is 2. The first-order valence-electron chi connectivity index (χ1n) is 12.2. The molecule has 39 heavy (non-hydrogen) atoms. The number of carbonyl (C=O) groups excluding carboxylic acids is 1. The van der Waals surface area contributed by atoms with E-state index >= 15 is 0 Å². The zero-order chi connectivity index (χ0) is 27.5. The van der Waals surface area contributed by atoms with E-state index in [0.717, 1.165) is 14.9 Å². The van der Waals surface area contributed by atoms with Crippen molar-refractivity contribution in [1.82, 2.24) is 4.57 Å². The van der Waals surface area contributed by atoms with Crippen LogP contribution >= 0.6 is 38.6 Å². The maximum Gasteiger partial charge on any atom is 0.338 e. The normalized spacial score (nSPS) is 15.1. The monoisotopic (exact) mass is 624 g/mol. The lowest BCUT2D eigenvalue weighted by atomic mass is 10.0. The summed E-state index contributed by atoms with van der Waals surface area (Å²) in [5.41, 5.74) is 2.36. The topological polar surface area (TPSA) is 79.1 Å². The predicted molar refractivity (Wildman–Crippen MR) is 156 cm³/mol. The van der Waals surface area contributed by atoms with E-state index < -0.39 is 12.0 Å². The molecule has 0 spiro atoms. The average molecular weight is 626 g/mol. The summed E-state index contributed by atoms with van der Waals surface area (Å²) in [7, 11) is 1.58. The van der Waals surface area contributed by atoms with Gasteiger partial charge in [-0.2, -0.15) is 0 Å². The van der Waals surface area contributed by atoms with Gasteiger partial charge in [-0.3, -0.25) is 9.36 Å². The van der Waals surface area contributed by atoms with Crippen molar-refractivity contribution in [1.29, 1.82) is 0 Å². The first kappa shape index (κ1) is 27.1. The lowest BCUT2D eigenvalue weighted by Gasteiger charge is -2.23. The molecule has 1 atom stereocenters. The van der Waals surface area contributed by atoms with Crippen molar-refractivity contribution in [2.45, 2.75) is 26.5 Å². The minimum absolute atomic E-state index is 0.232. The minimum Gasteiger partial charge on any atom is -0.493 e. The van der Waals surface area contributed by atoms with Crippen LogP contribution in [0.1, 0.15) is 35.9 Å². The van der Waals surface area contributed by atoms with Gasteiger partial charge in [-0.05, 0) is 55.1 Å². The summed E-state index contributed by atoms with van der Waals surface area (Å²) in [6, 6.07) is 16.6. The van der Waals surface area contributed by atoms with Crippen LogP contribution in [-0.4, -0.2) is 24.3 Å². The predicted octanol–water partition coefficient (Wildman–Crippen LogP) is 5.21. The molecule has 4 aromatic rings. The maximum absolute atomic E-state index is 13.9. The Balaban J connectivity index is 1.61. The van der Waals surface area contributed by atoms with Gasteiger partial charge in [0.25, 0.3) is 5.56 Å². The minimum atomic E-state index is -0.610. The van der Waals surface area contributed by atoms with E-state index in [9.17, 15) is 9.59 Å². The highest BCUT2D eigenvalue weighted by molar-refractivity contribution is 9.10. The Labute approximate surface area is 241 Å². The Hall–Kier alpha value is -3.47. The Bertz CT molecular complexity index is 1720. The van der Waals surface area contributed by atoms with Gasteiger partial charge in [0.2, 0.25) is 0 Å². The number of carbonyl (C=O) groups is 1. The van der Waals surface area contributed by atoms with Crippen molar-refractivity contribution in [2.75, 3.05) is 13.7 Å². The van der Waals surface area contributed by atoms with Gasteiger partial charge in [-0.25, -0.2) is 9.79 Å². The van der Waals surface area contributed by atoms with Crippen LogP contribution in [0.3, 0.4) is 0 Å². The second kappa shape index (κ2) is 11.7. The van der Waals surface area contributed by atoms with Crippen molar-refractivity contribution < 1.29 is 19.0 Å². The van der Waals surface area contributed by atoms with Crippen LogP contribution in [0.4, 0.5) is 0 Å². The van der Waals surface area contributed by atoms with Crippen LogP contribution in [0.15, 0.2) is 85.5 Å². The summed E-state index contributed by atoms with van der Waals surface area (Å²) in [6.07, 6.45) is 1.79. The fourth-order valence-electron chi connectivity index (χ4n) is 4.35. The first-order valence-corrected chi connectivity index (χ1v) is 14.7. The molecule has 0 saturated carbocycles. The van der Waals surface area contributed by atoms with Crippen LogP contribution in [0.2, 0.25) is 0 Å². The van der Waals surface area contributed by atoms with E-state index in [1.807, 2.05) is 60.0 Å². The molecule has 0 N–H and O–H groups in total. The van der Waals surface area contributed by atoms with Gasteiger partial charge in [-0.1, -0.05) is 57.6 Å². The van der Waals surface area contributed by atoms with Gasteiger partial charge >= 0.3 is 5.97 Å². The van der Waals surface area contributed by atoms with Gasteiger partial charge in [0, 0.05) is 14.9 Å². The molecule has 0 bridgehead atoms. The summed E-state index contributed by atoms with van der Waals surface area (Å²) in [4.78, 5) is 32.9. The quantitative estimate of drug-likeness (QED) is 0.252. The summed E-state index contributed by atoms with van der Waals surface area (Å²) in [5.74, 6) is 0.625. The van der Waals surface area contributed by atoms with Gasteiger partial charge in [0.05, 0.1) is 29.5 Å². The van der Waals surface area contributed by atoms with Crippen molar-refractivity contribution in [2.24, 2.45) is 4.99 Å². The molecule has 7 nitrogen and oxygen atoms in total. The van der Waals surface area contributed by atoms with Crippen LogP contribution in [-0.2, 0) is 16.1 Å². The second-order valence-electron chi connectivity index (χ2n) is 8.61.